The molecule has 13 rings (SSSR count). The summed E-state index contributed by atoms with van der Waals surface area (Å²) in [7, 11) is 0.774. The Balaban J connectivity index is 0.000000155. The summed E-state index contributed by atoms with van der Waals surface area (Å²) < 4.78 is 20.5. The third-order valence-electron chi connectivity index (χ3n) is 17.3. The van der Waals surface area contributed by atoms with Crippen molar-refractivity contribution in [3.8, 4) is 23.0 Å². The summed E-state index contributed by atoms with van der Waals surface area (Å²) in [5.41, 5.74) is 11.9. The molecule has 13 heteroatoms. The van der Waals surface area contributed by atoms with E-state index >= 15 is 0 Å². The molecule has 0 saturated heterocycles. The number of fused-ring (bicyclic) bond motifs is 2. The van der Waals surface area contributed by atoms with Gasteiger partial charge in [0.15, 0.2) is 24.5 Å². The van der Waals surface area contributed by atoms with E-state index in [2.05, 4.69) is 234 Å². The molecule has 0 heterocycles. The van der Waals surface area contributed by atoms with Crippen LogP contribution in [-0.2, 0) is 104 Å². The van der Waals surface area contributed by atoms with E-state index in [1.54, 1.807) is 12.1 Å². The molecule has 8 nitrogen and oxygen atoms in total. The van der Waals surface area contributed by atoms with Crippen LogP contribution in [0.25, 0.3) is 21.5 Å². The van der Waals surface area contributed by atoms with Crippen molar-refractivity contribution >= 4 is 94.1 Å². The van der Waals surface area contributed by atoms with Crippen LogP contribution in [0.3, 0.4) is 0 Å². The van der Waals surface area contributed by atoms with Crippen molar-refractivity contribution in [2.45, 2.75) is 94.5 Å². The highest BCUT2D eigenvalue weighted by atomic mass is 32.2. The van der Waals surface area contributed by atoms with Gasteiger partial charge in [-0.15, -0.1) is 0 Å². The number of hydrogen-bond acceptors (Lipinski definition) is 8. The van der Waals surface area contributed by atoms with Crippen LogP contribution >= 0.6 is 0 Å². The van der Waals surface area contributed by atoms with Crippen LogP contribution in [0.5, 0.6) is 23.0 Å². The van der Waals surface area contributed by atoms with Gasteiger partial charge >= 0.3 is 18.1 Å². The standard InChI is InChI=1S/C23H23O3S.C20H19O2S.C19H19S.C16H17O2S.C15H16OS/c1-18-8-6-7-11-20(18)17-27(2)22-14-12-21(13-15-22)26-23(24)25-16-19-9-4-3-5-10-19;1-15(21)22-18-10-12-19(13-11-18)23(2)14-17-8-5-7-16-6-3-4-9-20(16)17;1-15-10-12-18(13-11-15)20(2)14-17-8-5-7-16-6-3-4-9-19(16)17;1-13(17)18-15-8-10-16(11-9-15)19(2)12-14-6-4-3-5-7-14;1-12-5-3-4-6-13(12)11-17(2)15-9-7-14(16)8-10-15/h3-15H,16-17H2,1-2H3;3-13H,14H2,1-2H3;3-13H,14H2,1-2H3;3-11H,12H2,1-2H3;3-10H,11H2,1-2H3/q4*+1;/p+1. The van der Waals surface area contributed by atoms with Crippen LogP contribution in [0.2, 0.25) is 0 Å². The summed E-state index contributed by atoms with van der Waals surface area (Å²) in [5.74, 6) is 6.69. The third kappa shape index (κ3) is 26.0. The van der Waals surface area contributed by atoms with Crippen LogP contribution in [0, 0.1) is 20.8 Å². The second-order valence-electron chi connectivity index (χ2n) is 25.6. The van der Waals surface area contributed by atoms with Gasteiger partial charge in [-0.05, 0) is 168 Å². The molecule has 1 N–H and O–H groups in total. The Kier molecular flexibility index (Phi) is 31.6. The summed E-state index contributed by atoms with van der Waals surface area (Å²) in [6, 6.07) is 107. The molecule has 5 unspecified atom stereocenters. The summed E-state index contributed by atoms with van der Waals surface area (Å²) in [5, 5.41) is 14.6. The molecule has 540 valence electrons. The predicted octanol–water partition coefficient (Wildman–Crippen LogP) is 22.0. The zero-order valence-corrected chi connectivity index (χ0v) is 66.2. The van der Waals surface area contributed by atoms with Crippen molar-refractivity contribution < 1.29 is 38.4 Å². The highest BCUT2D eigenvalue weighted by molar-refractivity contribution is 7.96. The molecule has 0 radical (unpaired) electrons. The number of benzene rings is 13. The van der Waals surface area contributed by atoms with E-state index in [1.165, 1.54) is 104 Å². The summed E-state index contributed by atoms with van der Waals surface area (Å²) in [6.07, 6.45) is 10.6. The van der Waals surface area contributed by atoms with E-state index < -0.39 is 6.16 Å². The molecule has 106 heavy (non-hydrogen) atoms. The van der Waals surface area contributed by atoms with E-state index in [0.29, 0.717) is 23.0 Å². The minimum atomic E-state index is -0.693. The second-order valence-corrected chi connectivity index (χ2v) is 35.7. The topological polar surface area (TPSA) is 108 Å². The lowest BCUT2D eigenvalue weighted by Gasteiger charge is -2.08. The van der Waals surface area contributed by atoms with Gasteiger partial charge in [-0.1, -0.05) is 212 Å². The van der Waals surface area contributed by atoms with Gasteiger partial charge < -0.3 is 24.1 Å². The predicted molar refractivity (Wildman–Crippen MR) is 451 cm³/mol. The van der Waals surface area contributed by atoms with Gasteiger partial charge in [0, 0.05) is 96.1 Å². The molecule has 0 amide bonds. The van der Waals surface area contributed by atoms with Gasteiger partial charge in [0.05, 0.1) is 0 Å². The van der Waals surface area contributed by atoms with Gasteiger partial charge in [0.2, 0.25) is 0 Å². The number of aryl methyl sites for hydroxylation is 3. The molecule has 13 aromatic carbocycles. The lowest BCUT2D eigenvalue weighted by molar-refractivity contribution is -0.132. The van der Waals surface area contributed by atoms with Crippen LogP contribution in [0.4, 0.5) is 4.79 Å². The maximum absolute atomic E-state index is 11.8. The lowest BCUT2D eigenvalue weighted by atomic mass is 10.1. The number of carbonyl (C=O) groups excluding carboxylic acids is 3. The molecule has 0 spiro atoms. The minimum absolute atomic E-state index is 0.0843. The molecule has 0 aliphatic rings. The number of hydrogen-bond donors (Lipinski definition) is 1. The number of phenolic OH excluding ortho intramolecular Hbond substituents is 1. The maximum atomic E-state index is 11.8. The molecule has 0 saturated carbocycles. The Morgan fingerprint density at radius 2 is 0.604 bits per heavy atom. The normalized spacial score (nSPS) is 12.1. The number of aromatic hydroxyl groups is 1. The Morgan fingerprint density at radius 3 is 1.00 bits per heavy atom. The largest absolute Gasteiger partial charge is 0.514 e. The van der Waals surface area contributed by atoms with Crippen LogP contribution < -0.4 is 14.2 Å². The smallest absolute Gasteiger partial charge is 0.508 e. The van der Waals surface area contributed by atoms with Crippen LogP contribution in [-0.4, -0.2) is 54.5 Å². The first-order valence-corrected chi connectivity index (χ1v) is 43.9. The first-order valence-electron chi connectivity index (χ1n) is 34.9. The second kappa shape index (κ2) is 41.7. The van der Waals surface area contributed by atoms with Crippen molar-refractivity contribution in [1.82, 2.24) is 0 Å². The first-order chi connectivity index (χ1) is 51.3. The number of esters is 2. The molecule has 0 aromatic heterocycles. The van der Waals surface area contributed by atoms with E-state index in [0.717, 1.165) is 34.3 Å². The number of rotatable bonds is 20. The molecule has 5 atom stereocenters. The van der Waals surface area contributed by atoms with Crippen molar-refractivity contribution in [2.75, 3.05) is 31.3 Å². The number of ether oxygens (including phenoxy) is 4. The highest BCUT2D eigenvalue weighted by Crippen LogP contribution is 2.29. The Morgan fingerprint density at radius 1 is 0.302 bits per heavy atom. The van der Waals surface area contributed by atoms with E-state index in [1.807, 2.05) is 121 Å². The fraction of sp³-hybridized carbons (Fsp3) is 0.172. The average Bonchev–Trinajstić information content (AvgIpc) is 0.819. The fourth-order valence-electron chi connectivity index (χ4n) is 11.4. The Labute approximate surface area is 642 Å². The zero-order valence-electron chi connectivity index (χ0n) is 62.1. The molecular formula is C93H95O8S5+5. The van der Waals surface area contributed by atoms with Gasteiger partial charge in [-0.3, -0.25) is 9.59 Å². The maximum Gasteiger partial charge on any atom is 0.514 e. The summed E-state index contributed by atoms with van der Waals surface area (Å²) in [4.78, 5) is 40.2. The van der Waals surface area contributed by atoms with Crippen LogP contribution in [0.15, 0.2) is 340 Å². The molecule has 0 fully saturated rings. The molecule has 0 bridgehead atoms. The number of carbonyl (C=O) groups is 3. The van der Waals surface area contributed by atoms with Gasteiger partial charge in [-0.25, -0.2) is 4.79 Å². The van der Waals surface area contributed by atoms with E-state index in [9.17, 15) is 19.5 Å². The molecular weight excluding hydrogens is 1410 g/mol. The molecule has 0 aliphatic carbocycles. The van der Waals surface area contributed by atoms with E-state index in [-0.39, 0.29) is 73.0 Å². The molecule has 13 aromatic rings. The third-order valence-corrected chi connectivity index (χ3v) is 26.4. The van der Waals surface area contributed by atoms with E-state index in [4.69, 9.17) is 18.9 Å². The lowest BCUT2D eigenvalue weighted by Crippen LogP contribution is -2.10. The minimum Gasteiger partial charge on any atom is -0.508 e. The van der Waals surface area contributed by atoms with Gasteiger partial charge in [0.1, 0.15) is 89.6 Å². The van der Waals surface area contributed by atoms with Gasteiger partial charge in [-0.2, -0.15) is 0 Å². The highest BCUT2D eigenvalue weighted by Gasteiger charge is 2.23. The molecule has 0 aliphatic heterocycles. The Hall–Kier alpha value is -9.86. The average molecular weight is 1500 g/mol. The number of phenols is 1. The van der Waals surface area contributed by atoms with Crippen molar-refractivity contribution in [3.05, 3.63) is 366 Å². The SMILES string of the molecule is CC(=O)Oc1ccc([S+](C)Cc2cccc3ccccc23)cc1.CC(=O)Oc1ccc([S+](C)Cc2ccccc2)cc1.Cc1ccc([S+](C)Cc2cccc3ccccc23)cc1.Cc1ccccc1C[S+](C)c1ccc(O)cc1.Cc1ccccc1C[S+](C)c1ccc(OC(=O)OCc2ccccc2)cc1. The van der Waals surface area contributed by atoms with Crippen molar-refractivity contribution in [1.29, 1.82) is 0 Å². The monoisotopic (exact) mass is 1500 g/mol. The van der Waals surface area contributed by atoms with Gasteiger partial charge in [0.25, 0.3) is 0 Å². The quantitative estimate of drug-likeness (QED) is 0.0348. The van der Waals surface area contributed by atoms with Crippen LogP contribution in [0.1, 0.15) is 63.9 Å². The van der Waals surface area contributed by atoms with Crippen molar-refractivity contribution in [3.63, 3.8) is 0 Å². The first kappa shape index (κ1) is 80.2. The summed E-state index contributed by atoms with van der Waals surface area (Å²) in [6.45, 7) is 9.47. The fourth-order valence-corrected chi connectivity index (χ4v) is 18.9. The zero-order chi connectivity index (χ0) is 75.2. The summed E-state index contributed by atoms with van der Waals surface area (Å²) >= 11 is 0. The van der Waals surface area contributed by atoms with Crippen molar-refractivity contribution in [2.24, 2.45) is 0 Å². The Bertz CT molecular complexity index is 4860.